The maximum absolute atomic E-state index is 11.6. The highest BCUT2D eigenvalue weighted by Gasteiger charge is 2.44. The van der Waals surface area contributed by atoms with E-state index >= 15 is 0 Å². The number of rotatable bonds is 6. The van der Waals surface area contributed by atoms with Crippen LogP contribution in [0.1, 0.15) is 41.7 Å². The molecule has 1 aliphatic heterocycles. The number of ether oxygens (including phenoxy) is 3. The molecule has 0 saturated carbocycles. The van der Waals surface area contributed by atoms with Gasteiger partial charge in [-0.3, -0.25) is 0 Å². The minimum atomic E-state index is -0.787. The molecule has 3 heterocycles. The highest BCUT2D eigenvalue weighted by atomic mass is 16.8. The smallest absolute Gasteiger partial charge is 0.360 e. The molecule has 0 bridgehead atoms. The Bertz CT molecular complexity index is 984. The summed E-state index contributed by atoms with van der Waals surface area (Å²) in [5.74, 6) is -1.33. The highest BCUT2D eigenvalue weighted by molar-refractivity contribution is 5.86. The predicted molar refractivity (Wildman–Crippen MR) is 99.7 cm³/mol. The van der Waals surface area contributed by atoms with E-state index in [1.165, 1.54) is 18.0 Å². The number of hydrogen-bond acceptors (Lipinski definition) is 8. The van der Waals surface area contributed by atoms with Gasteiger partial charge in [-0.2, -0.15) is 0 Å². The van der Waals surface area contributed by atoms with Crippen molar-refractivity contribution in [2.45, 2.75) is 44.9 Å². The van der Waals surface area contributed by atoms with Crippen molar-refractivity contribution in [1.82, 2.24) is 30.0 Å². The van der Waals surface area contributed by atoms with E-state index in [4.69, 9.17) is 9.47 Å². The van der Waals surface area contributed by atoms with Crippen LogP contribution in [0, 0.1) is 0 Å². The van der Waals surface area contributed by atoms with Crippen molar-refractivity contribution in [2.75, 3.05) is 7.11 Å². The summed E-state index contributed by atoms with van der Waals surface area (Å²) in [7, 11) is 1.30. The van der Waals surface area contributed by atoms with Gasteiger partial charge < -0.3 is 14.2 Å². The quantitative estimate of drug-likeness (QED) is 0.577. The van der Waals surface area contributed by atoms with Crippen LogP contribution in [0.25, 0.3) is 0 Å². The average Bonchev–Trinajstić information content (AvgIpc) is 3.41. The fourth-order valence-electron chi connectivity index (χ4n) is 3.28. The Morgan fingerprint density at radius 1 is 1.10 bits per heavy atom. The third kappa shape index (κ3) is 4.33. The van der Waals surface area contributed by atoms with Crippen LogP contribution in [-0.2, 0) is 27.3 Å². The lowest BCUT2D eigenvalue weighted by Gasteiger charge is -2.16. The zero-order chi connectivity index (χ0) is 20.4. The van der Waals surface area contributed by atoms with Crippen LogP contribution in [0.5, 0.6) is 0 Å². The van der Waals surface area contributed by atoms with Crippen LogP contribution < -0.4 is 0 Å². The first-order valence-electron chi connectivity index (χ1n) is 9.21. The highest BCUT2D eigenvalue weighted by Crippen LogP contribution is 2.38. The Balaban J connectivity index is 1.50. The number of nitrogens with zero attached hydrogens (tertiary/aromatic N) is 6. The van der Waals surface area contributed by atoms with Gasteiger partial charge in [0.25, 0.3) is 0 Å². The first kappa shape index (κ1) is 19.2. The molecule has 152 valence electrons. The Labute approximate surface area is 167 Å². The summed E-state index contributed by atoms with van der Waals surface area (Å²) in [6, 6.07) is 10.0. The van der Waals surface area contributed by atoms with Crippen molar-refractivity contribution in [3.8, 4) is 0 Å². The summed E-state index contributed by atoms with van der Waals surface area (Å²) in [6.07, 6.45) is 2.57. The molecule has 2 aromatic heterocycles. The van der Waals surface area contributed by atoms with Crippen LogP contribution in [0.4, 0.5) is 0 Å². The topological polar surface area (TPSA) is 106 Å². The molecular formula is C19H22N6O4. The minimum absolute atomic E-state index is 0.135. The van der Waals surface area contributed by atoms with Crippen molar-refractivity contribution in [1.29, 1.82) is 0 Å². The number of aromatic nitrogens is 6. The van der Waals surface area contributed by atoms with Crippen molar-refractivity contribution < 1.29 is 19.0 Å². The third-order valence-corrected chi connectivity index (χ3v) is 4.52. The van der Waals surface area contributed by atoms with E-state index in [0.717, 1.165) is 5.56 Å². The first-order valence-corrected chi connectivity index (χ1v) is 9.21. The van der Waals surface area contributed by atoms with Gasteiger partial charge in [-0.25, -0.2) is 14.2 Å². The molecule has 3 aromatic rings. The molecule has 0 N–H and O–H groups in total. The maximum Gasteiger partial charge on any atom is 0.360 e. The Kier molecular flexibility index (Phi) is 5.12. The lowest BCUT2D eigenvalue weighted by Crippen LogP contribution is -2.25. The van der Waals surface area contributed by atoms with Crippen LogP contribution in [0.3, 0.4) is 0 Å². The van der Waals surface area contributed by atoms with Crippen molar-refractivity contribution in [3.05, 3.63) is 59.7 Å². The molecule has 1 aromatic carbocycles. The second-order valence-corrected chi connectivity index (χ2v) is 7.24. The van der Waals surface area contributed by atoms with Gasteiger partial charge in [-0.15, -0.1) is 10.2 Å². The molecule has 0 unspecified atom stereocenters. The van der Waals surface area contributed by atoms with Gasteiger partial charge >= 0.3 is 5.97 Å². The number of methoxy groups -OCH3 is 1. The largest absolute Gasteiger partial charge is 0.464 e. The van der Waals surface area contributed by atoms with Crippen LogP contribution in [-0.4, -0.2) is 55.0 Å². The zero-order valence-electron chi connectivity index (χ0n) is 16.4. The average molecular weight is 398 g/mol. The molecule has 0 aliphatic carbocycles. The van der Waals surface area contributed by atoms with E-state index < -0.39 is 17.9 Å². The Hall–Kier alpha value is -3.11. The monoisotopic (exact) mass is 398 g/mol. The van der Waals surface area contributed by atoms with Gasteiger partial charge in [0.15, 0.2) is 11.5 Å². The number of esters is 1. The zero-order valence-corrected chi connectivity index (χ0v) is 16.4. The summed E-state index contributed by atoms with van der Waals surface area (Å²) in [4.78, 5) is 11.6. The van der Waals surface area contributed by atoms with Gasteiger partial charge in [-0.05, 0) is 19.4 Å². The molecule has 29 heavy (non-hydrogen) atoms. The normalized spacial score (nSPS) is 20.7. The van der Waals surface area contributed by atoms with Gasteiger partial charge in [0.2, 0.25) is 0 Å². The molecule has 1 aliphatic rings. The molecule has 1 saturated heterocycles. The fraction of sp³-hybridized carbons (Fsp3) is 0.421. The summed E-state index contributed by atoms with van der Waals surface area (Å²) < 4.78 is 20.1. The van der Waals surface area contributed by atoms with Crippen molar-refractivity contribution in [2.24, 2.45) is 0 Å². The minimum Gasteiger partial charge on any atom is -0.464 e. The van der Waals surface area contributed by atoms with Crippen LogP contribution in [0.15, 0.2) is 42.7 Å². The summed E-state index contributed by atoms with van der Waals surface area (Å²) in [5, 5.41) is 16.3. The molecule has 2 atom stereocenters. The van der Waals surface area contributed by atoms with E-state index in [0.29, 0.717) is 18.8 Å². The van der Waals surface area contributed by atoms with Gasteiger partial charge in [0.05, 0.1) is 32.6 Å². The predicted octanol–water partition coefficient (Wildman–Crippen LogP) is 1.60. The molecule has 0 radical (unpaired) electrons. The standard InChI is InChI=1S/C19H22N6O4/c1-19(2)28-16(12-25-11-15(21-23-25)18(26)27-3)17(29-19)14-10-24(22-20-14)9-13-7-5-4-6-8-13/h4-8,10-11,16-17H,9,12H2,1-3H3/t16-,17+/m0/s1. The molecule has 10 heteroatoms. The third-order valence-electron chi connectivity index (χ3n) is 4.52. The molecule has 0 spiro atoms. The lowest BCUT2D eigenvalue weighted by molar-refractivity contribution is -0.148. The Morgan fingerprint density at radius 3 is 2.62 bits per heavy atom. The van der Waals surface area contributed by atoms with E-state index in [9.17, 15) is 4.79 Å². The Morgan fingerprint density at radius 2 is 1.86 bits per heavy atom. The van der Waals surface area contributed by atoms with Crippen LogP contribution in [0.2, 0.25) is 0 Å². The SMILES string of the molecule is COC(=O)c1cn(C[C@@H]2OC(C)(C)O[C@@H]2c2cn(Cc3ccccc3)nn2)nn1. The van der Waals surface area contributed by atoms with E-state index in [-0.39, 0.29) is 11.8 Å². The number of carbonyl (C=O) groups excluding carboxylic acids is 1. The summed E-state index contributed by atoms with van der Waals surface area (Å²) in [6.45, 7) is 4.63. The van der Waals surface area contributed by atoms with Crippen molar-refractivity contribution >= 4 is 5.97 Å². The molecule has 1 fully saturated rings. The molecule has 10 nitrogen and oxygen atoms in total. The van der Waals surface area contributed by atoms with Gasteiger partial charge in [0.1, 0.15) is 17.9 Å². The van der Waals surface area contributed by atoms with Crippen molar-refractivity contribution in [3.63, 3.8) is 0 Å². The first-order chi connectivity index (χ1) is 13.9. The second-order valence-electron chi connectivity index (χ2n) is 7.24. The maximum atomic E-state index is 11.6. The number of carbonyl (C=O) groups is 1. The van der Waals surface area contributed by atoms with E-state index in [2.05, 4.69) is 25.4 Å². The number of benzene rings is 1. The van der Waals surface area contributed by atoms with E-state index in [1.54, 1.807) is 4.68 Å². The fourth-order valence-corrected chi connectivity index (χ4v) is 3.28. The molecule has 4 rings (SSSR count). The second kappa shape index (κ2) is 7.72. The lowest BCUT2D eigenvalue weighted by atomic mass is 10.1. The number of hydrogen-bond donors (Lipinski definition) is 0. The van der Waals surface area contributed by atoms with Gasteiger partial charge in [0, 0.05) is 0 Å². The summed E-state index contributed by atoms with van der Waals surface area (Å²) >= 11 is 0. The van der Waals surface area contributed by atoms with Gasteiger partial charge in [-0.1, -0.05) is 40.8 Å². The molecular weight excluding hydrogens is 376 g/mol. The van der Waals surface area contributed by atoms with E-state index in [1.807, 2.05) is 50.4 Å². The molecule has 0 amide bonds. The van der Waals surface area contributed by atoms with Crippen LogP contribution >= 0.6 is 0 Å². The summed E-state index contributed by atoms with van der Waals surface area (Å²) in [5.41, 5.74) is 1.93.